The van der Waals surface area contributed by atoms with E-state index < -0.39 is 0 Å². The van der Waals surface area contributed by atoms with Crippen molar-refractivity contribution >= 4 is 0 Å². The highest BCUT2D eigenvalue weighted by Gasteiger charge is 2.13. The molecule has 1 aliphatic carbocycles. The summed E-state index contributed by atoms with van der Waals surface area (Å²) in [5.41, 5.74) is 2.17. The van der Waals surface area contributed by atoms with Crippen molar-refractivity contribution in [3.8, 4) is 0 Å². The van der Waals surface area contributed by atoms with Gasteiger partial charge in [-0.1, -0.05) is 36.4 Å². The van der Waals surface area contributed by atoms with Crippen molar-refractivity contribution in [2.75, 3.05) is 0 Å². The van der Waals surface area contributed by atoms with Gasteiger partial charge in [-0.3, -0.25) is 9.97 Å². The number of nitrogens with zero attached hydrogens (tertiary/aromatic N) is 2. The summed E-state index contributed by atoms with van der Waals surface area (Å²) in [6, 6.07) is 12.0. The molecule has 0 radical (unpaired) electrons. The lowest BCUT2D eigenvalue weighted by Gasteiger charge is -2.16. The molecule has 0 saturated carbocycles. The maximum atomic E-state index is 4.38. The lowest BCUT2D eigenvalue weighted by molar-refractivity contribution is 0.904. The van der Waals surface area contributed by atoms with Gasteiger partial charge >= 0.3 is 0 Å². The lowest BCUT2D eigenvalue weighted by atomic mass is 9.91. The van der Waals surface area contributed by atoms with E-state index in [-0.39, 0.29) is 11.8 Å². The van der Waals surface area contributed by atoms with Crippen molar-refractivity contribution in [2.45, 2.75) is 11.8 Å². The number of allylic oxidation sites excluding steroid dienone is 4. The second kappa shape index (κ2) is 4.96. The largest absolute Gasteiger partial charge is 0.260 e. The van der Waals surface area contributed by atoms with Crippen LogP contribution in [0.4, 0.5) is 0 Å². The molecule has 1 aliphatic rings. The molecule has 0 fully saturated rings. The highest BCUT2D eigenvalue weighted by molar-refractivity contribution is 5.33. The van der Waals surface area contributed by atoms with Gasteiger partial charge in [0.1, 0.15) is 0 Å². The third-order valence-electron chi connectivity index (χ3n) is 3.11. The van der Waals surface area contributed by atoms with E-state index in [2.05, 4.69) is 46.4 Å². The first-order valence-electron chi connectivity index (χ1n) is 6.12. The molecule has 0 atom stereocenters. The van der Waals surface area contributed by atoms with E-state index in [0.717, 1.165) is 11.4 Å². The van der Waals surface area contributed by atoms with Gasteiger partial charge in [-0.15, -0.1) is 0 Å². The Morgan fingerprint density at radius 3 is 1.39 bits per heavy atom. The number of rotatable bonds is 2. The quantitative estimate of drug-likeness (QED) is 0.743. The SMILES string of the molecule is C1=CC(c2ccccn2)C=CC1c1ccccn1. The molecule has 0 saturated heterocycles. The van der Waals surface area contributed by atoms with Crippen molar-refractivity contribution in [1.82, 2.24) is 9.97 Å². The third kappa shape index (κ3) is 2.23. The minimum Gasteiger partial charge on any atom is -0.260 e. The van der Waals surface area contributed by atoms with Gasteiger partial charge in [0.25, 0.3) is 0 Å². The summed E-state index contributed by atoms with van der Waals surface area (Å²) >= 11 is 0. The van der Waals surface area contributed by atoms with Gasteiger partial charge in [-0.2, -0.15) is 0 Å². The van der Waals surface area contributed by atoms with Crippen LogP contribution in [0.2, 0.25) is 0 Å². The van der Waals surface area contributed by atoms with E-state index in [1.165, 1.54) is 0 Å². The minimum atomic E-state index is 0.283. The van der Waals surface area contributed by atoms with Crippen LogP contribution in [0.3, 0.4) is 0 Å². The van der Waals surface area contributed by atoms with Crippen molar-refractivity contribution in [3.63, 3.8) is 0 Å². The van der Waals surface area contributed by atoms with Gasteiger partial charge in [-0.25, -0.2) is 0 Å². The third-order valence-corrected chi connectivity index (χ3v) is 3.11. The van der Waals surface area contributed by atoms with Crippen LogP contribution in [0.5, 0.6) is 0 Å². The van der Waals surface area contributed by atoms with Crippen molar-refractivity contribution < 1.29 is 0 Å². The minimum absolute atomic E-state index is 0.283. The Morgan fingerprint density at radius 2 is 1.06 bits per heavy atom. The van der Waals surface area contributed by atoms with E-state index in [0.29, 0.717) is 0 Å². The molecule has 2 aromatic heterocycles. The van der Waals surface area contributed by atoms with Crippen LogP contribution in [0.15, 0.2) is 73.1 Å². The van der Waals surface area contributed by atoms with E-state index in [1.54, 1.807) is 0 Å². The van der Waals surface area contributed by atoms with Crippen LogP contribution in [-0.2, 0) is 0 Å². The molecule has 0 unspecified atom stereocenters. The Labute approximate surface area is 107 Å². The van der Waals surface area contributed by atoms with Crippen molar-refractivity contribution in [3.05, 3.63) is 84.5 Å². The van der Waals surface area contributed by atoms with E-state index in [1.807, 2.05) is 36.7 Å². The molecule has 2 nitrogen and oxygen atoms in total. The first kappa shape index (κ1) is 10.9. The Bertz CT molecular complexity index is 493. The predicted octanol–water partition coefficient (Wildman–Crippen LogP) is 3.47. The molecule has 18 heavy (non-hydrogen) atoms. The van der Waals surface area contributed by atoms with E-state index in [4.69, 9.17) is 0 Å². The molecule has 0 bridgehead atoms. The molecule has 2 heterocycles. The van der Waals surface area contributed by atoms with E-state index in [9.17, 15) is 0 Å². The molecule has 0 spiro atoms. The monoisotopic (exact) mass is 234 g/mol. The molecular formula is C16H14N2. The first-order chi connectivity index (χ1) is 8.93. The number of hydrogen-bond donors (Lipinski definition) is 0. The molecule has 0 aromatic carbocycles. The van der Waals surface area contributed by atoms with Crippen LogP contribution in [0.25, 0.3) is 0 Å². The number of aromatic nitrogens is 2. The zero-order valence-electron chi connectivity index (χ0n) is 9.98. The van der Waals surface area contributed by atoms with Crippen LogP contribution >= 0.6 is 0 Å². The lowest BCUT2D eigenvalue weighted by Crippen LogP contribution is -2.03. The Hall–Kier alpha value is -2.22. The molecular weight excluding hydrogens is 220 g/mol. The van der Waals surface area contributed by atoms with Crippen molar-refractivity contribution in [1.29, 1.82) is 0 Å². The highest BCUT2D eigenvalue weighted by Crippen LogP contribution is 2.27. The zero-order chi connectivity index (χ0) is 12.2. The molecule has 2 aromatic rings. The van der Waals surface area contributed by atoms with Crippen LogP contribution in [0.1, 0.15) is 23.2 Å². The molecule has 0 N–H and O–H groups in total. The summed E-state index contributed by atoms with van der Waals surface area (Å²) in [5, 5.41) is 0. The fourth-order valence-electron chi connectivity index (χ4n) is 2.15. The molecule has 2 heteroatoms. The summed E-state index contributed by atoms with van der Waals surface area (Å²) in [5.74, 6) is 0.567. The van der Waals surface area contributed by atoms with E-state index >= 15 is 0 Å². The smallest absolute Gasteiger partial charge is 0.0510 e. The van der Waals surface area contributed by atoms with Crippen molar-refractivity contribution in [2.24, 2.45) is 0 Å². The molecule has 0 amide bonds. The predicted molar refractivity (Wildman–Crippen MR) is 72.2 cm³/mol. The highest BCUT2D eigenvalue weighted by atomic mass is 14.7. The normalized spacial score (nSPS) is 22.0. The first-order valence-corrected chi connectivity index (χ1v) is 6.12. The fourth-order valence-corrected chi connectivity index (χ4v) is 2.15. The maximum Gasteiger partial charge on any atom is 0.0510 e. The van der Waals surface area contributed by atoms with Gasteiger partial charge in [0.15, 0.2) is 0 Å². The Kier molecular flexibility index (Phi) is 3.01. The second-order valence-electron chi connectivity index (χ2n) is 4.33. The zero-order valence-corrected chi connectivity index (χ0v) is 9.98. The Morgan fingerprint density at radius 1 is 0.611 bits per heavy atom. The summed E-state index contributed by atoms with van der Waals surface area (Å²) in [7, 11) is 0. The van der Waals surface area contributed by atoms with Gasteiger partial charge in [-0.05, 0) is 24.3 Å². The average molecular weight is 234 g/mol. The van der Waals surface area contributed by atoms with Crippen LogP contribution in [0, 0.1) is 0 Å². The average Bonchev–Trinajstić information content (AvgIpc) is 2.49. The number of pyridine rings is 2. The standard InChI is InChI=1S/C16H14N2/c1-3-11-17-15(5-1)13-7-9-14(10-8-13)16-6-2-4-12-18-16/h1-14H. The van der Waals surface area contributed by atoms with Crippen LogP contribution < -0.4 is 0 Å². The number of hydrogen-bond acceptors (Lipinski definition) is 2. The maximum absolute atomic E-state index is 4.38. The second-order valence-corrected chi connectivity index (χ2v) is 4.33. The van der Waals surface area contributed by atoms with Gasteiger partial charge < -0.3 is 0 Å². The summed E-state index contributed by atoms with van der Waals surface area (Å²) in [6.07, 6.45) is 12.5. The topological polar surface area (TPSA) is 25.8 Å². The van der Waals surface area contributed by atoms with Gasteiger partial charge in [0.05, 0.1) is 11.4 Å². The molecule has 88 valence electrons. The fraction of sp³-hybridized carbons (Fsp3) is 0.125. The van der Waals surface area contributed by atoms with Crippen LogP contribution in [-0.4, -0.2) is 9.97 Å². The molecule has 0 aliphatic heterocycles. The summed E-state index contributed by atoms with van der Waals surface area (Å²) in [6.45, 7) is 0. The summed E-state index contributed by atoms with van der Waals surface area (Å²) in [4.78, 5) is 8.76. The molecule has 3 rings (SSSR count). The van der Waals surface area contributed by atoms with Gasteiger partial charge in [0, 0.05) is 24.2 Å². The van der Waals surface area contributed by atoms with Gasteiger partial charge in [0.2, 0.25) is 0 Å². The Balaban J connectivity index is 1.79. The summed E-state index contributed by atoms with van der Waals surface area (Å²) < 4.78 is 0.